The standard InChI is InChI=1S/C8H11N3O2/c1-3-7(12)9-6-4-5-11(2)8(13)10-6/h4-5H,3H2,1-2H3,(H,9,10,12,13). The highest BCUT2D eigenvalue weighted by molar-refractivity contribution is 5.89. The molecule has 0 radical (unpaired) electrons. The summed E-state index contributed by atoms with van der Waals surface area (Å²) in [4.78, 5) is 25.6. The van der Waals surface area contributed by atoms with Crippen LogP contribution in [0.3, 0.4) is 0 Å². The third-order valence-electron chi connectivity index (χ3n) is 1.56. The third-order valence-corrected chi connectivity index (χ3v) is 1.56. The summed E-state index contributed by atoms with van der Waals surface area (Å²) in [5.74, 6) is 0.149. The van der Waals surface area contributed by atoms with Gasteiger partial charge in [-0.3, -0.25) is 4.79 Å². The van der Waals surface area contributed by atoms with E-state index in [0.29, 0.717) is 12.2 Å². The van der Waals surface area contributed by atoms with Gasteiger partial charge in [-0.1, -0.05) is 6.92 Å². The van der Waals surface area contributed by atoms with E-state index >= 15 is 0 Å². The number of hydrogen-bond acceptors (Lipinski definition) is 3. The van der Waals surface area contributed by atoms with Crippen molar-refractivity contribution >= 4 is 11.7 Å². The number of carbonyl (C=O) groups is 1. The fourth-order valence-corrected chi connectivity index (χ4v) is 0.766. The van der Waals surface area contributed by atoms with Gasteiger partial charge >= 0.3 is 5.69 Å². The lowest BCUT2D eigenvalue weighted by molar-refractivity contribution is -0.115. The minimum atomic E-state index is -0.381. The monoisotopic (exact) mass is 181 g/mol. The van der Waals surface area contributed by atoms with Crippen LogP contribution in [0.25, 0.3) is 0 Å². The van der Waals surface area contributed by atoms with E-state index in [9.17, 15) is 9.59 Å². The average Bonchev–Trinajstić information content (AvgIpc) is 2.11. The molecule has 5 nitrogen and oxygen atoms in total. The Hall–Kier alpha value is -1.65. The highest BCUT2D eigenvalue weighted by Crippen LogP contribution is 1.97. The minimum absolute atomic E-state index is 0.152. The van der Waals surface area contributed by atoms with Gasteiger partial charge in [0.2, 0.25) is 5.91 Å². The summed E-state index contributed by atoms with van der Waals surface area (Å²) in [6.07, 6.45) is 1.93. The number of hydrogen-bond donors (Lipinski definition) is 1. The first kappa shape index (κ1) is 9.44. The highest BCUT2D eigenvalue weighted by atomic mass is 16.2. The van der Waals surface area contributed by atoms with Crippen molar-refractivity contribution in [2.24, 2.45) is 7.05 Å². The maximum atomic E-state index is 11.0. The maximum absolute atomic E-state index is 11.0. The highest BCUT2D eigenvalue weighted by Gasteiger charge is 2.00. The maximum Gasteiger partial charge on any atom is 0.349 e. The lowest BCUT2D eigenvalue weighted by atomic mass is 10.4. The Morgan fingerprint density at radius 3 is 2.92 bits per heavy atom. The van der Waals surface area contributed by atoms with Crippen LogP contribution in [0.2, 0.25) is 0 Å². The average molecular weight is 181 g/mol. The van der Waals surface area contributed by atoms with Gasteiger partial charge in [0.1, 0.15) is 5.82 Å². The fourth-order valence-electron chi connectivity index (χ4n) is 0.766. The smallest absolute Gasteiger partial charge is 0.310 e. The number of nitrogens with zero attached hydrogens (tertiary/aromatic N) is 2. The van der Waals surface area contributed by atoms with E-state index in [2.05, 4.69) is 10.3 Å². The number of aromatic nitrogens is 2. The molecule has 1 N–H and O–H groups in total. The van der Waals surface area contributed by atoms with E-state index in [1.54, 1.807) is 26.2 Å². The van der Waals surface area contributed by atoms with Crippen LogP contribution in [0, 0.1) is 0 Å². The molecule has 1 heterocycles. The molecule has 5 heteroatoms. The van der Waals surface area contributed by atoms with Crippen molar-refractivity contribution in [3.8, 4) is 0 Å². The molecule has 0 spiro atoms. The summed E-state index contributed by atoms with van der Waals surface area (Å²) in [5.41, 5.74) is -0.381. The van der Waals surface area contributed by atoms with Gasteiger partial charge in [-0.2, -0.15) is 4.98 Å². The number of rotatable bonds is 2. The second-order valence-corrected chi connectivity index (χ2v) is 2.61. The van der Waals surface area contributed by atoms with Crippen molar-refractivity contribution in [2.45, 2.75) is 13.3 Å². The predicted octanol–water partition coefficient (Wildman–Crippen LogP) is 0.129. The number of aryl methyl sites for hydroxylation is 1. The Bertz CT molecular complexity index is 370. The van der Waals surface area contributed by atoms with Gasteiger partial charge in [-0.15, -0.1) is 0 Å². The number of amides is 1. The fraction of sp³-hybridized carbons (Fsp3) is 0.375. The largest absolute Gasteiger partial charge is 0.349 e. The van der Waals surface area contributed by atoms with Gasteiger partial charge in [-0.05, 0) is 6.07 Å². The lowest BCUT2D eigenvalue weighted by Gasteiger charge is -2.01. The summed E-state index contributed by atoms with van der Waals surface area (Å²) in [6.45, 7) is 1.73. The van der Waals surface area contributed by atoms with Crippen LogP contribution < -0.4 is 11.0 Å². The molecule has 0 saturated carbocycles. The van der Waals surface area contributed by atoms with Gasteiger partial charge < -0.3 is 9.88 Å². The first-order valence-electron chi connectivity index (χ1n) is 3.97. The predicted molar refractivity (Wildman–Crippen MR) is 48.4 cm³/mol. The molecule has 1 amide bonds. The molecule has 70 valence electrons. The topological polar surface area (TPSA) is 64.0 Å². The zero-order valence-corrected chi connectivity index (χ0v) is 7.57. The molecule has 1 aromatic rings. The molecule has 0 unspecified atom stereocenters. The SMILES string of the molecule is CCC(=O)Nc1ccn(C)c(=O)n1. The van der Waals surface area contributed by atoms with Gasteiger partial charge in [0.05, 0.1) is 0 Å². The van der Waals surface area contributed by atoms with Crippen molar-refractivity contribution < 1.29 is 4.79 Å². The zero-order valence-electron chi connectivity index (χ0n) is 7.57. The summed E-state index contributed by atoms with van der Waals surface area (Å²) >= 11 is 0. The summed E-state index contributed by atoms with van der Waals surface area (Å²) in [5, 5.41) is 2.50. The molecule has 0 aromatic carbocycles. The van der Waals surface area contributed by atoms with Crippen molar-refractivity contribution in [1.82, 2.24) is 9.55 Å². The molecule has 1 aromatic heterocycles. The van der Waals surface area contributed by atoms with Crippen LogP contribution in [0.1, 0.15) is 13.3 Å². The van der Waals surface area contributed by atoms with Crippen LogP contribution in [0.15, 0.2) is 17.1 Å². The van der Waals surface area contributed by atoms with E-state index in [-0.39, 0.29) is 11.6 Å². The van der Waals surface area contributed by atoms with Crippen molar-refractivity contribution in [2.75, 3.05) is 5.32 Å². The van der Waals surface area contributed by atoms with E-state index in [1.807, 2.05) is 0 Å². The Balaban J connectivity index is 2.86. The minimum Gasteiger partial charge on any atom is -0.310 e. The number of anilines is 1. The van der Waals surface area contributed by atoms with Gasteiger partial charge in [0.25, 0.3) is 0 Å². The Labute approximate surface area is 75.4 Å². The molecule has 0 bridgehead atoms. The number of carbonyl (C=O) groups excluding carboxylic acids is 1. The molecule has 0 saturated heterocycles. The summed E-state index contributed by atoms with van der Waals surface area (Å²) in [7, 11) is 1.60. The van der Waals surface area contributed by atoms with E-state index in [1.165, 1.54) is 4.57 Å². The lowest BCUT2D eigenvalue weighted by Crippen LogP contribution is -2.22. The van der Waals surface area contributed by atoms with Crippen molar-refractivity contribution in [3.63, 3.8) is 0 Å². The summed E-state index contributed by atoms with van der Waals surface area (Å²) < 4.78 is 1.33. The Morgan fingerprint density at radius 2 is 2.38 bits per heavy atom. The number of nitrogens with one attached hydrogen (secondary N) is 1. The van der Waals surface area contributed by atoms with Crippen LogP contribution in [-0.2, 0) is 11.8 Å². The van der Waals surface area contributed by atoms with Crippen LogP contribution in [0.5, 0.6) is 0 Å². The van der Waals surface area contributed by atoms with Crippen molar-refractivity contribution in [1.29, 1.82) is 0 Å². The molecule has 1 rings (SSSR count). The van der Waals surface area contributed by atoms with Gasteiger partial charge in [0.15, 0.2) is 0 Å². The van der Waals surface area contributed by atoms with Crippen LogP contribution in [0.4, 0.5) is 5.82 Å². The van der Waals surface area contributed by atoms with E-state index in [0.717, 1.165) is 0 Å². The quantitative estimate of drug-likeness (QED) is 0.705. The zero-order chi connectivity index (χ0) is 9.84. The molecule has 0 fully saturated rings. The molecular formula is C8H11N3O2. The first-order chi connectivity index (χ1) is 6.13. The first-order valence-corrected chi connectivity index (χ1v) is 3.97. The van der Waals surface area contributed by atoms with E-state index < -0.39 is 0 Å². The van der Waals surface area contributed by atoms with Crippen LogP contribution >= 0.6 is 0 Å². The molecule has 0 aliphatic carbocycles. The second kappa shape index (κ2) is 3.84. The molecule has 0 aliphatic rings. The molecule has 0 aliphatic heterocycles. The Morgan fingerprint density at radius 1 is 1.69 bits per heavy atom. The summed E-state index contributed by atoms with van der Waals surface area (Å²) in [6, 6.07) is 1.58. The van der Waals surface area contributed by atoms with Gasteiger partial charge in [0, 0.05) is 19.7 Å². The Kier molecular flexibility index (Phi) is 2.79. The normalized spacial score (nSPS) is 9.69. The second-order valence-electron chi connectivity index (χ2n) is 2.61. The van der Waals surface area contributed by atoms with E-state index in [4.69, 9.17) is 0 Å². The molecule has 0 atom stereocenters. The van der Waals surface area contributed by atoms with Crippen molar-refractivity contribution in [3.05, 3.63) is 22.7 Å². The van der Waals surface area contributed by atoms with Crippen LogP contribution in [-0.4, -0.2) is 15.5 Å². The van der Waals surface area contributed by atoms with Gasteiger partial charge in [-0.25, -0.2) is 4.79 Å². The molecular weight excluding hydrogens is 170 g/mol. The third kappa shape index (κ3) is 2.40. The molecule has 13 heavy (non-hydrogen) atoms.